The van der Waals surface area contributed by atoms with Crippen LogP contribution in [0.5, 0.6) is 0 Å². The van der Waals surface area contributed by atoms with Crippen LogP contribution < -0.4 is 16.5 Å². The van der Waals surface area contributed by atoms with Crippen molar-refractivity contribution in [3.05, 3.63) is 22.9 Å². The monoisotopic (exact) mass is 170 g/mol. The molecule has 0 aliphatic carbocycles. The van der Waals surface area contributed by atoms with Gasteiger partial charge >= 0.3 is 5.69 Å². The van der Waals surface area contributed by atoms with Crippen molar-refractivity contribution in [1.82, 2.24) is 9.35 Å². The summed E-state index contributed by atoms with van der Waals surface area (Å²) in [5, 5.41) is 0. The summed E-state index contributed by atoms with van der Waals surface area (Å²) < 4.78 is 2.89. The highest BCUT2D eigenvalue weighted by Gasteiger charge is 1.98. The Balaban J connectivity index is 2.81. The van der Waals surface area contributed by atoms with Crippen LogP contribution in [0.15, 0.2) is 17.2 Å². The van der Waals surface area contributed by atoms with Crippen molar-refractivity contribution in [2.45, 2.75) is 13.8 Å². The zero-order valence-electron chi connectivity index (χ0n) is 7.37. The van der Waals surface area contributed by atoms with E-state index in [1.165, 1.54) is 9.35 Å². The Morgan fingerprint density at radius 3 is 1.92 bits per heavy atom. The molecule has 5 nitrogen and oxygen atoms in total. The van der Waals surface area contributed by atoms with Gasteiger partial charge in [0.1, 0.15) is 0 Å². The van der Waals surface area contributed by atoms with E-state index in [0.717, 1.165) is 13.1 Å². The number of aromatic nitrogens is 2. The topological polar surface area (TPSA) is 51.0 Å². The van der Waals surface area contributed by atoms with Crippen LogP contribution >= 0.6 is 0 Å². The lowest BCUT2D eigenvalue weighted by Crippen LogP contribution is -2.34. The van der Waals surface area contributed by atoms with Gasteiger partial charge < -0.3 is 10.9 Å². The lowest BCUT2D eigenvalue weighted by Gasteiger charge is -2.02. The minimum Gasteiger partial charge on any atom is -0.322 e. The van der Waals surface area contributed by atoms with Gasteiger partial charge in [0.25, 0.3) is 0 Å². The minimum atomic E-state index is -0.0984. The predicted molar refractivity (Wildman–Crippen MR) is 48.5 cm³/mol. The molecule has 0 fully saturated rings. The number of nitrogens with zero attached hydrogens (tertiary/aromatic N) is 2. The summed E-state index contributed by atoms with van der Waals surface area (Å²) in [6.45, 7) is 5.35. The van der Waals surface area contributed by atoms with Crippen LogP contribution in [0.1, 0.15) is 13.8 Å². The molecule has 0 aromatic carbocycles. The fourth-order valence-electron chi connectivity index (χ4n) is 0.958. The van der Waals surface area contributed by atoms with Crippen molar-refractivity contribution in [3.63, 3.8) is 0 Å². The van der Waals surface area contributed by atoms with Crippen molar-refractivity contribution in [2.75, 3.05) is 23.9 Å². The zero-order valence-corrected chi connectivity index (χ0v) is 7.37. The second kappa shape index (κ2) is 3.85. The maximum atomic E-state index is 11.3. The average molecular weight is 170 g/mol. The molecule has 1 aromatic rings. The Hall–Kier alpha value is -1.39. The van der Waals surface area contributed by atoms with Gasteiger partial charge in [0.2, 0.25) is 0 Å². The number of rotatable bonds is 4. The van der Waals surface area contributed by atoms with E-state index in [0.29, 0.717) is 0 Å². The number of hydrogen-bond acceptors (Lipinski definition) is 3. The molecular formula is C7H14N4O. The summed E-state index contributed by atoms with van der Waals surface area (Å²) in [5.41, 5.74) is 5.70. The molecule has 1 rings (SSSR count). The summed E-state index contributed by atoms with van der Waals surface area (Å²) in [6.07, 6.45) is 3.38. The Morgan fingerprint density at radius 1 is 1.17 bits per heavy atom. The first kappa shape index (κ1) is 8.70. The molecule has 0 saturated carbocycles. The molecule has 5 heteroatoms. The number of nitrogens with one attached hydrogen (secondary N) is 2. The molecular weight excluding hydrogens is 156 g/mol. The molecule has 12 heavy (non-hydrogen) atoms. The third-order valence-electron chi connectivity index (χ3n) is 1.43. The van der Waals surface area contributed by atoms with Gasteiger partial charge in [-0.2, -0.15) is 0 Å². The minimum absolute atomic E-state index is 0.0984. The standard InChI is InChI=1S/C7H14N4O/c1-3-8-10-5-6-11(7(10)12)9-4-2/h5-6,8-9H,3-4H2,1-2H3. The van der Waals surface area contributed by atoms with E-state index < -0.39 is 0 Å². The first-order chi connectivity index (χ1) is 5.79. The van der Waals surface area contributed by atoms with Gasteiger partial charge in [-0.3, -0.25) is 0 Å². The second-order valence-corrected chi connectivity index (χ2v) is 2.34. The van der Waals surface area contributed by atoms with Gasteiger partial charge in [0.05, 0.1) is 0 Å². The van der Waals surface area contributed by atoms with Crippen molar-refractivity contribution < 1.29 is 0 Å². The molecule has 0 saturated heterocycles. The Bertz CT molecular complexity index is 261. The summed E-state index contributed by atoms with van der Waals surface area (Å²) in [6, 6.07) is 0. The summed E-state index contributed by atoms with van der Waals surface area (Å²) >= 11 is 0. The molecule has 0 spiro atoms. The van der Waals surface area contributed by atoms with Crippen LogP contribution in [0.3, 0.4) is 0 Å². The van der Waals surface area contributed by atoms with Crippen LogP contribution in [-0.4, -0.2) is 22.4 Å². The normalized spacial score (nSPS) is 9.83. The van der Waals surface area contributed by atoms with Gasteiger partial charge in [-0.15, -0.1) is 0 Å². The molecule has 2 N–H and O–H groups in total. The molecule has 0 amide bonds. The van der Waals surface area contributed by atoms with Crippen LogP contribution in [-0.2, 0) is 0 Å². The average Bonchev–Trinajstić information content (AvgIpc) is 2.38. The summed E-state index contributed by atoms with van der Waals surface area (Å²) in [5.74, 6) is 0. The quantitative estimate of drug-likeness (QED) is 0.656. The number of imidazole rings is 1. The van der Waals surface area contributed by atoms with Crippen molar-refractivity contribution in [3.8, 4) is 0 Å². The number of hydrogen-bond donors (Lipinski definition) is 2. The van der Waals surface area contributed by atoms with Crippen molar-refractivity contribution in [1.29, 1.82) is 0 Å². The maximum absolute atomic E-state index is 11.3. The van der Waals surface area contributed by atoms with Crippen LogP contribution in [0.4, 0.5) is 0 Å². The second-order valence-electron chi connectivity index (χ2n) is 2.34. The van der Waals surface area contributed by atoms with Gasteiger partial charge in [0, 0.05) is 25.5 Å². The Labute approximate surface area is 70.9 Å². The van der Waals surface area contributed by atoms with E-state index in [1.54, 1.807) is 12.4 Å². The SMILES string of the molecule is CCNn1ccn(NCC)c1=O. The van der Waals surface area contributed by atoms with Crippen LogP contribution in [0.2, 0.25) is 0 Å². The van der Waals surface area contributed by atoms with Crippen LogP contribution in [0.25, 0.3) is 0 Å². The Morgan fingerprint density at radius 2 is 1.58 bits per heavy atom. The fourth-order valence-corrected chi connectivity index (χ4v) is 0.958. The molecule has 68 valence electrons. The molecule has 1 aromatic heterocycles. The van der Waals surface area contributed by atoms with Gasteiger partial charge in [-0.1, -0.05) is 0 Å². The van der Waals surface area contributed by atoms with E-state index >= 15 is 0 Å². The van der Waals surface area contributed by atoms with E-state index in [4.69, 9.17) is 0 Å². The molecule has 0 bridgehead atoms. The molecule has 0 aliphatic heterocycles. The predicted octanol–water partition coefficient (Wildman–Crippen LogP) is -0.223. The molecule has 0 atom stereocenters. The highest BCUT2D eigenvalue weighted by molar-refractivity contribution is 4.87. The zero-order chi connectivity index (χ0) is 8.97. The third-order valence-corrected chi connectivity index (χ3v) is 1.43. The fraction of sp³-hybridized carbons (Fsp3) is 0.571. The third kappa shape index (κ3) is 1.61. The highest BCUT2D eigenvalue weighted by atomic mass is 16.2. The van der Waals surface area contributed by atoms with Crippen LogP contribution in [0, 0.1) is 0 Å². The molecule has 0 radical (unpaired) electrons. The summed E-state index contributed by atoms with van der Waals surface area (Å²) in [4.78, 5) is 11.3. The largest absolute Gasteiger partial charge is 0.365 e. The lowest BCUT2D eigenvalue weighted by atomic mass is 10.8. The van der Waals surface area contributed by atoms with Gasteiger partial charge in [-0.05, 0) is 13.8 Å². The van der Waals surface area contributed by atoms with E-state index in [9.17, 15) is 4.79 Å². The van der Waals surface area contributed by atoms with Gasteiger partial charge in [-0.25, -0.2) is 14.1 Å². The van der Waals surface area contributed by atoms with Crippen molar-refractivity contribution in [2.24, 2.45) is 0 Å². The van der Waals surface area contributed by atoms with Crippen molar-refractivity contribution >= 4 is 0 Å². The molecule has 1 heterocycles. The first-order valence-corrected chi connectivity index (χ1v) is 4.07. The smallest absolute Gasteiger partial charge is 0.322 e. The van der Waals surface area contributed by atoms with E-state index in [-0.39, 0.29) is 5.69 Å². The van der Waals surface area contributed by atoms with E-state index in [1.807, 2.05) is 13.8 Å². The lowest BCUT2D eigenvalue weighted by molar-refractivity contribution is 0.751. The summed E-state index contributed by atoms with van der Waals surface area (Å²) in [7, 11) is 0. The Kier molecular flexibility index (Phi) is 2.79. The molecule has 0 aliphatic rings. The maximum Gasteiger partial charge on any atom is 0.365 e. The van der Waals surface area contributed by atoms with E-state index in [2.05, 4.69) is 10.9 Å². The highest BCUT2D eigenvalue weighted by Crippen LogP contribution is 1.77. The molecule has 0 unspecified atom stereocenters. The van der Waals surface area contributed by atoms with Gasteiger partial charge in [0.15, 0.2) is 0 Å². The first-order valence-electron chi connectivity index (χ1n) is 4.07.